The molecule has 1 aliphatic heterocycles. The zero-order valence-corrected chi connectivity index (χ0v) is 14.7. The van der Waals surface area contributed by atoms with Gasteiger partial charge < -0.3 is 10.6 Å². The first-order chi connectivity index (χ1) is 9.92. The number of thioether (sulfide) groups is 2. The van der Waals surface area contributed by atoms with E-state index in [2.05, 4.69) is 15.6 Å². The third-order valence-corrected chi connectivity index (χ3v) is 6.14. The first kappa shape index (κ1) is 16.6. The number of amides is 2. The molecule has 1 atom stereocenters. The molecule has 1 aromatic heterocycles. The Morgan fingerprint density at radius 3 is 3.05 bits per heavy atom. The van der Waals surface area contributed by atoms with Gasteiger partial charge in [0, 0.05) is 16.9 Å². The van der Waals surface area contributed by atoms with E-state index in [0.29, 0.717) is 12.3 Å². The number of rotatable bonds is 5. The molecule has 8 heteroatoms. The minimum atomic E-state index is -0.460. The Labute approximate surface area is 137 Å². The van der Waals surface area contributed by atoms with Crippen LogP contribution < -0.4 is 10.6 Å². The van der Waals surface area contributed by atoms with Crippen LogP contribution in [0.15, 0.2) is 5.38 Å². The third-order valence-electron chi connectivity index (χ3n) is 3.09. The van der Waals surface area contributed by atoms with Crippen LogP contribution in [-0.2, 0) is 21.9 Å². The lowest BCUT2D eigenvalue weighted by Crippen LogP contribution is -2.57. The highest BCUT2D eigenvalue weighted by atomic mass is 32.2. The third kappa shape index (κ3) is 4.37. The minimum absolute atomic E-state index is 0.0881. The van der Waals surface area contributed by atoms with E-state index in [1.165, 1.54) is 11.8 Å². The largest absolute Gasteiger partial charge is 0.349 e. The van der Waals surface area contributed by atoms with Crippen molar-refractivity contribution >= 4 is 46.7 Å². The molecule has 0 saturated carbocycles. The molecule has 116 valence electrons. The number of nitrogens with one attached hydrogen (secondary N) is 2. The average Bonchev–Trinajstić information content (AvgIpc) is 2.87. The van der Waals surface area contributed by atoms with Gasteiger partial charge in [0.25, 0.3) is 0 Å². The summed E-state index contributed by atoms with van der Waals surface area (Å²) in [4.78, 5) is 28.4. The maximum Gasteiger partial charge on any atom is 0.243 e. The standard InChI is InChI=1S/C13H19N3O2S3/c1-13(2)12(18)16-9(6-21-13)11(17)14-4-8-5-20-10(15-8)7-19-3/h5,9H,4,6-7H2,1-3H3,(H,14,17)(H,16,18)/t9-/m1/s1. The summed E-state index contributed by atoms with van der Waals surface area (Å²) in [6.45, 7) is 4.14. The molecule has 5 nitrogen and oxygen atoms in total. The number of carbonyl (C=O) groups excluding carboxylic acids is 2. The van der Waals surface area contributed by atoms with Crippen molar-refractivity contribution in [1.82, 2.24) is 15.6 Å². The van der Waals surface area contributed by atoms with Crippen molar-refractivity contribution < 1.29 is 9.59 Å². The van der Waals surface area contributed by atoms with Crippen molar-refractivity contribution in [2.75, 3.05) is 12.0 Å². The average molecular weight is 346 g/mol. The van der Waals surface area contributed by atoms with Crippen molar-refractivity contribution in [3.8, 4) is 0 Å². The van der Waals surface area contributed by atoms with Crippen LogP contribution in [0.25, 0.3) is 0 Å². The molecular weight excluding hydrogens is 326 g/mol. The molecule has 1 fully saturated rings. The van der Waals surface area contributed by atoms with E-state index < -0.39 is 10.8 Å². The monoisotopic (exact) mass is 345 g/mol. The Kier molecular flexibility index (Phi) is 5.56. The molecule has 0 bridgehead atoms. The Bertz CT molecular complexity index is 530. The molecule has 1 saturated heterocycles. The predicted octanol–water partition coefficient (Wildman–Crippen LogP) is 1.63. The van der Waals surface area contributed by atoms with Gasteiger partial charge in [-0.05, 0) is 20.1 Å². The van der Waals surface area contributed by atoms with Crippen LogP contribution in [0.4, 0.5) is 0 Å². The number of thiazole rings is 1. The number of nitrogens with zero attached hydrogens (tertiary/aromatic N) is 1. The zero-order valence-electron chi connectivity index (χ0n) is 12.3. The van der Waals surface area contributed by atoms with Crippen LogP contribution in [0.3, 0.4) is 0 Å². The molecule has 1 aliphatic rings. The fourth-order valence-electron chi connectivity index (χ4n) is 1.79. The predicted molar refractivity (Wildman–Crippen MR) is 89.6 cm³/mol. The van der Waals surface area contributed by atoms with Crippen molar-refractivity contribution in [3.63, 3.8) is 0 Å². The first-order valence-electron chi connectivity index (χ1n) is 6.57. The molecule has 2 amide bonds. The smallest absolute Gasteiger partial charge is 0.243 e. The summed E-state index contributed by atoms with van der Waals surface area (Å²) in [6.07, 6.45) is 2.04. The van der Waals surface area contributed by atoms with Crippen LogP contribution in [0.2, 0.25) is 0 Å². The van der Waals surface area contributed by atoms with E-state index >= 15 is 0 Å². The van der Waals surface area contributed by atoms with Gasteiger partial charge in [-0.15, -0.1) is 23.1 Å². The molecule has 1 aromatic rings. The van der Waals surface area contributed by atoms with E-state index in [-0.39, 0.29) is 11.8 Å². The fraction of sp³-hybridized carbons (Fsp3) is 0.615. The second kappa shape index (κ2) is 7.02. The van der Waals surface area contributed by atoms with Crippen LogP contribution in [-0.4, -0.2) is 39.6 Å². The van der Waals surface area contributed by atoms with Gasteiger partial charge in [0.15, 0.2) is 0 Å². The molecule has 2 N–H and O–H groups in total. The number of hydrogen-bond donors (Lipinski definition) is 2. The molecule has 0 radical (unpaired) electrons. The number of hydrogen-bond acceptors (Lipinski definition) is 6. The van der Waals surface area contributed by atoms with Crippen LogP contribution in [0.1, 0.15) is 24.5 Å². The second-order valence-electron chi connectivity index (χ2n) is 5.23. The van der Waals surface area contributed by atoms with E-state index in [9.17, 15) is 9.59 Å². The SMILES string of the molecule is CSCc1nc(CNC(=O)[C@H]2CSC(C)(C)C(=O)N2)cs1. The lowest BCUT2D eigenvalue weighted by Gasteiger charge is -2.32. The van der Waals surface area contributed by atoms with Gasteiger partial charge in [-0.2, -0.15) is 11.8 Å². The van der Waals surface area contributed by atoms with Gasteiger partial charge in [0.1, 0.15) is 11.0 Å². The second-order valence-corrected chi connectivity index (χ2v) is 8.68. The minimum Gasteiger partial charge on any atom is -0.349 e. The molecule has 0 aromatic carbocycles. The lowest BCUT2D eigenvalue weighted by atomic mass is 10.1. The van der Waals surface area contributed by atoms with Gasteiger partial charge in [-0.25, -0.2) is 4.98 Å². The van der Waals surface area contributed by atoms with Gasteiger partial charge >= 0.3 is 0 Å². The molecule has 2 heterocycles. The summed E-state index contributed by atoms with van der Waals surface area (Å²) in [5.74, 6) is 1.25. The highest BCUT2D eigenvalue weighted by Gasteiger charge is 2.37. The van der Waals surface area contributed by atoms with Crippen molar-refractivity contribution in [3.05, 3.63) is 16.1 Å². The maximum absolute atomic E-state index is 12.1. The van der Waals surface area contributed by atoms with Gasteiger partial charge in [0.05, 0.1) is 17.0 Å². The molecule has 0 aliphatic carbocycles. The summed E-state index contributed by atoms with van der Waals surface area (Å²) >= 11 is 4.84. The summed E-state index contributed by atoms with van der Waals surface area (Å²) < 4.78 is -0.460. The molecule has 2 rings (SSSR count). The Hall–Kier alpha value is -0.730. The van der Waals surface area contributed by atoms with Gasteiger partial charge in [0.2, 0.25) is 11.8 Å². The summed E-state index contributed by atoms with van der Waals surface area (Å²) in [5, 5.41) is 8.64. The quantitative estimate of drug-likeness (QED) is 0.849. The van der Waals surface area contributed by atoms with E-state index in [4.69, 9.17) is 0 Å². The van der Waals surface area contributed by atoms with Crippen molar-refractivity contribution in [1.29, 1.82) is 0 Å². The maximum atomic E-state index is 12.1. The summed E-state index contributed by atoms with van der Waals surface area (Å²) in [7, 11) is 0. The van der Waals surface area contributed by atoms with E-state index in [1.54, 1.807) is 23.1 Å². The normalized spacial score (nSPS) is 20.9. The van der Waals surface area contributed by atoms with Crippen LogP contribution >= 0.6 is 34.9 Å². The molecule has 0 unspecified atom stereocenters. The van der Waals surface area contributed by atoms with Crippen LogP contribution in [0.5, 0.6) is 0 Å². The number of carbonyl (C=O) groups is 2. The highest BCUT2D eigenvalue weighted by Crippen LogP contribution is 2.29. The number of aromatic nitrogens is 1. The Morgan fingerprint density at radius 2 is 2.38 bits per heavy atom. The lowest BCUT2D eigenvalue weighted by molar-refractivity contribution is -0.129. The Morgan fingerprint density at radius 1 is 1.62 bits per heavy atom. The first-order valence-corrected chi connectivity index (χ1v) is 9.83. The molecule has 0 spiro atoms. The topological polar surface area (TPSA) is 71.1 Å². The molecule has 21 heavy (non-hydrogen) atoms. The van der Waals surface area contributed by atoms with Gasteiger partial charge in [-0.3, -0.25) is 9.59 Å². The summed E-state index contributed by atoms with van der Waals surface area (Å²) in [5.41, 5.74) is 0.868. The molecular formula is C13H19N3O2S3. The fourth-order valence-corrected chi connectivity index (χ4v) is 4.32. The highest BCUT2D eigenvalue weighted by molar-refractivity contribution is 8.01. The van der Waals surface area contributed by atoms with Crippen LogP contribution in [0, 0.1) is 0 Å². The van der Waals surface area contributed by atoms with Gasteiger partial charge in [-0.1, -0.05) is 0 Å². The van der Waals surface area contributed by atoms with Crippen molar-refractivity contribution in [2.24, 2.45) is 0 Å². The summed E-state index contributed by atoms with van der Waals surface area (Å²) in [6, 6.07) is -0.458. The Balaban J connectivity index is 1.83. The zero-order chi connectivity index (χ0) is 15.5. The van der Waals surface area contributed by atoms with E-state index in [1.807, 2.05) is 25.5 Å². The van der Waals surface area contributed by atoms with E-state index in [0.717, 1.165) is 16.5 Å². The van der Waals surface area contributed by atoms with Crippen molar-refractivity contribution in [2.45, 2.75) is 36.9 Å².